The fourth-order valence-corrected chi connectivity index (χ4v) is 2.98. The van der Waals surface area contributed by atoms with Crippen molar-refractivity contribution >= 4 is 17.3 Å². The maximum absolute atomic E-state index is 13.0. The molecule has 2 heterocycles. The Morgan fingerprint density at radius 3 is 2.50 bits per heavy atom. The standard InChI is InChI=1S/C17H16FN3O3/c18-14-5-3-12(4-6-14)16(22)13-7-10-20(11-8-13)17-15(21(23)24)2-1-9-19-17/h1-6,9,13H,7-8,10-11H2. The van der Waals surface area contributed by atoms with E-state index < -0.39 is 4.92 Å². The van der Waals surface area contributed by atoms with E-state index in [9.17, 15) is 19.3 Å². The highest BCUT2D eigenvalue weighted by Gasteiger charge is 2.29. The molecule has 1 aromatic carbocycles. The van der Waals surface area contributed by atoms with Crippen LogP contribution in [0.15, 0.2) is 42.6 Å². The second-order valence-corrected chi connectivity index (χ2v) is 5.74. The first-order valence-electron chi connectivity index (χ1n) is 7.70. The Bertz CT molecular complexity index is 756. The maximum Gasteiger partial charge on any atom is 0.311 e. The number of Topliss-reactive ketones (excluding diaryl/α,β-unsaturated/α-hetero) is 1. The normalized spacial score (nSPS) is 15.3. The third-order valence-electron chi connectivity index (χ3n) is 4.26. The molecule has 0 bridgehead atoms. The second kappa shape index (κ2) is 6.74. The molecule has 0 atom stereocenters. The van der Waals surface area contributed by atoms with Gasteiger partial charge in [0.05, 0.1) is 4.92 Å². The van der Waals surface area contributed by atoms with Gasteiger partial charge < -0.3 is 4.90 Å². The minimum atomic E-state index is -0.446. The van der Waals surface area contributed by atoms with Crippen LogP contribution in [0.3, 0.4) is 0 Å². The highest BCUT2D eigenvalue weighted by atomic mass is 19.1. The fraction of sp³-hybridized carbons (Fsp3) is 0.294. The quantitative estimate of drug-likeness (QED) is 0.489. The van der Waals surface area contributed by atoms with Crippen molar-refractivity contribution in [2.45, 2.75) is 12.8 Å². The molecule has 1 aromatic heterocycles. The molecule has 0 spiro atoms. The van der Waals surface area contributed by atoms with E-state index in [0.29, 0.717) is 37.3 Å². The summed E-state index contributed by atoms with van der Waals surface area (Å²) in [5.41, 5.74) is 0.472. The summed E-state index contributed by atoms with van der Waals surface area (Å²) in [6, 6.07) is 8.50. The van der Waals surface area contributed by atoms with Crippen LogP contribution in [-0.4, -0.2) is 28.8 Å². The monoisotopic (exact) mass is 329 g/mol. The summed E-state index contributed by atoms with van der Waals surface area (Å²) in [7, 11) is 0. The van der Waals surface area contributed by atoms with Gasteiger partial charge in [-0.3, -0.25) is 14.9 Å². The molecule has 0 N–H and O–H groups in total. The van der Waals surface area contributed by atoms with Crippen molar-refractivity contribution in [3.05, 3.63) is 64.1 Å². The van der Waals surface area contributed by atoms with Crippen molar-refractivity contribution in [3.63, 3.8) is 0 Å². The summed E-state index contributed by atoms with van der Waals surface area (Å²) >= 11 is 0. The van der Waals surface area contributed by atoms with Crippen molar-refractivity contribution in [2.24, 2.45) is 5.92 Å². The van der Waals surface area contributed by atoms with Gasteiger partial charge in [0.15, 0.2) is 5.78 Å². The first-order valence-corrected chi connectivity index (χ1v) is 7.70. The van der Waals surface area contributed by atoms with Crippen LogP contribution in [0.5, 0.6) is 0 Å². The summed E-state index contributed by atoms with van der Waals surface area (Å²) in [5, 5.41) is 11.1. The predicted octanol–water partition coefficient (Wildman–Crippen LogP) is 3.23. The zero-order valence-corrected chi connectivity index (χ0v) is 12.9. The number of nitro groups is 1. The number of halogens is 1. The van der Waals surface area contributed by atoms with Crippen LogP contribution in [-0.2, 0) is 0 Å². The number of piperidine rings is 1. The van der Waals surface area contributed by atoms with Gasteiger partial charge in [0.25, 0.3) is 0 Å². The van der Waals surface area contributed by atoms with Gasteiger partial charge in [0.2, 0.25) is 5.82 Å². The molecule has 0 aliphatic carbocycles. The third-order valence-corrected chi connectivity index (χ3v) is 4.26. The van der Waals surface area contributed by atoms with Crippen molar-refractivity contribution in [3.8, 4) is 0 Å². The predicted molar refractivity (Wildman–Crippen MR) is 86.6 cm³/mol. The third kappa shape index (κ3) is 3.24. The molecular weight excluding hydrogens is 313 g/mol. The maximum atomic E-state index is 13.0. The fourth-order valence-electron chi connectivity index (χ4n) is 2.98. The van der Waals surface area contributed by atoms with Crippen LogP contribution < -0.4 is 4.90 Å². The van der Waals surface area contributed by atoms with Crippen LogP contribution in [0.1, 0.15) is 23.2 Å². The van der Waals surface area contributed by atoms with Gasteiger partial charge in [-0.25, -0.2) is 9.37 Å². The Balaban J connectivity index is 1.69. The first-order chi connectivity index (χ1) is 11.6. The van der Waals surface area contributed by atoms with Crippen molar-refractivity contribution in [1.29, 1.82) is 0 Å². The van der Waals surface area contributed by atoms with Crippen molar-refractivity contribution < 1.29 is 14.1 Å². The van der Waals surface area contributed by atoms with Gasteiger partial charge in [-0.1, -0.05) is 0 Å². The zero-order valence-electron chi connectivity index (χ0n) is 12.9. The number of ketones is 1. The SMILES string of the molecule is O=C(c1ccc(F)cc1)C1CCN(c2ncccc2[N+](=O)[O-])CC1. The van der Waals surface area contributed by atoms with Gasteiger partial charge in [-0.05, 0) is 43.2 Å². The average Bonchev–Trinajstić information content (AvgIpc) is 2.62. The van der Waals surface area contributed by atoms with Gasteiger partial charge in [-0.15, -0.1) is 0 Å². The molecule has 1 aliphatic rings. The van der Waals surface area contributed by atoms with Crippen LogP contribution >= 0.6 is 0 Å². The van der Waals surface area contributed by atoms with Gasteiger partial charge in [-0.2, -0.15) is 0 Å². The van der Waals surface area contributed by atoms with Crippen LogP contribution in [0, 0.1) is 21.8 Å². The number of hydrogen-bond acceptors (Lipinski definition) is 5. The Morgan fingerprint density at radius 1 is 1.21 bits per heavy atom. The summed E-state index contributed by atoms with van der Waals surface area (Å²) < 4.78 is 13.0. The lowest BCUT2D eigenvalue weighted by atomic mass is 9.89. The molecule has 7 heteroatoms. The van der Waals surface area contributed by atoms with Gasteiger partial charge in [0.1, 0.15) is 5.82 Å². The van der Waals surface area contributed by atoms with Crippen molar-refractivity contribution in [1.82, 2.24) is 4.98 Å². The highest BCUT2D eigenvalue weighted by Crippen LogP contribution is 2.30. The lowest BCUT2D eigenvalue weighted by Gasteiger charge is -2.31. The Kier molecular flexibility index (Phi) is 4.50. The number of carbonyl (C=O) groups excluding carboxylic acids is 1. The lowest BCUT2D eigenvalue weighted by Crippen LogP contribution is -2.37. The van der Waals surface area contributed by atoms with E-state index >= 15 is 0 Å². The number of aromatic nitrogens is 1. The number of carbonyl (C=O) groups is 1. The Hall–Kier alpha value is -2.83. The number of hydrogen-bond donors (Lipinski definition) is 0. The van der Waals surface area contributed by atoms with Gasteiger partial charge >= 0.3 is 5.69 Å². The van der Waals surface area contributed by atoms with E-state index in [2.05, 4.69) is 4.98 Å². The summed E-state index contributed by atoms with van der Waals surface area (Å²) in [6.45, 7) is 1.05. The largest absolute Gasteiger partial charge is 0.351 e. The van der Waals surface area contributed by atoms with E-state index in [0.717, 1.165) is 0 Å². The second-order valence-electron chi connectivity index (χ2n) is 5.74. The molecule has 0 radical (unpaired) electrons. The van der Waals surface area contributed by atoms with Crippen molar-refractivity contribution in [2.75, 3.05) is 18.0 Å². The molecule has 0 unspecified atom stereocenters. The molecule has 1 fully saturated rings. The molecule has 3 rings (SSSR count). The van der Waals surface area contributed by atoms with Crippen LogP contribution in [0.4, 0.5) is 15.9 Å². The van der Waals surface area contributed by atoms with E-state index in [1.165, 1.54) is 42.6 Å². The zero-order chi connectivity index (χ0) is 17.1. The molecular formula is C17H16FN3O3. The highest BCUT2D eigenvalue weighted by molar-refractivity contribution is 5.98. The Morgan fingerprint density at radius 2 is 1.88 bits per heavy atom. The van der Waals surface area contributed by atoms with E-state index in [4.69, 9.17) is 0 Å². The molecule has 6 nitrogen and oxygen atoms in total. The molecule has 0 amide bonds. The molecule has 0 saturated carbocycles. The van der Waals surface area contributed by atoms with E-state index in [1.54, 1.807) is 0 Å². The molecule has 124 valence electrons. The number of nitrogens with zero attached hydrogens (tertiary/aromatic N) is 3. The molecule has 2 aromatic rings. The number of pyridine rings is 1. The average molecular weight is 329 g/mol. The van der Waals surface area contributed by atoms with Gasteiger partial charge in [0, 0.05) is 36.8 Å². The Labute approximate surface area is 138 Å². The minimum absolute atomic E-state index is 0.00910. The summed E-state index contributed by atoms with van der Waals surface area (Å²) in [5.74, 6) is -0.196. The van der Waals surface area contributed by atoms with E-state index in [-0.39, 0.29) is 23.2 Å². The molecule has 24 heavy (non-hydrogen) atoms. The first kappa shape index (κ1) is 16.0. The van der Waals surface area contributed by atoms with Crippen LogP contribution in [0.25, 0.3) is 0 Å². The van der Waals surface area contributed by atoms with Crippen LogP contribution in [0.2, 0.25) is 0 Å². The number of rotatable bonds is 4. The molecule has 1 saturated heterocycles. The topological polar surface area (TPSA) is 76.3 Å². The smallest absolute Gasteiger partial charge is 0.311 e. The lowest BCUT2D eigenvalue weighted by molar-refractivity contribution is -0.384. The summed E-state index contributed by atoms with van der Waals surface area (Å²) in [6.07, 6.45) is 2.70. The number of anilines is 1. The van der Waals surface area contributed by atoms with E-state index in [1.807, 2.05) is 4.90 Å². The minimum Gasteiger partial charge on any atom is -0.351 e. The number of benzene rings is 1. The summed E-state index contributed by atoms with van der Waals surface area (Å²) in [4.78, 5) is 29.1. The molecule has 1 aliphatic heterocycles.